The molecule has 4 amide bonds. The van der Waals surface area contributed by atoms with Crippen LogP contribution in [0.3, 0.4) is 0 Å². The van der Waals surface area contributed by atoms with E-state index in [-0.39, 0.29) is 0 Å². The molecule has 0 unspecified atom stereocenters. The number of H-pyrrole nitrogens is 2. The zero-order valence-electron chi connectivity index (χ0n) is 40.2. The Kier molecular flexibility index (Phi) is 13.9. The molecular weight excluding hydrogens is 785 g/mol. The highest BCUT2D eigenvalue weighted by atomic mass is 16.6. The number of ether oxygens (including phenoxy) is 2. The van der Waals surface area contributed by atoms with Gasteiger partial charge in [0.25, 0.3) is 11.8 Å². The minimum atomic E-state index is -1.46. The Balaban J connectivity index is 1.53. The molecule has 0 saturated carbocycles. The second kappa shape index (κ2) is 17.6. The van der Waals surface area contributed by atoms with Crippen LogP contribution in [0.2, 0.25) is 0 Å². The number of aromatic amines is 2. The molecule has 2 aromatic carbocycles. The third-order valence-corrected chi connectivity index (χ3v) is 11.8. The average molecular weight is 855 g/mol. The Morgan fingerprint density at radius 1 is 0.500 bits per heavy atom. The molecule has 338 valence electrons. The van der Waals surface area contributed by atoms with Gasteiger partial charge in [-0.05, 0) is 35.8 Å². The molecule has 0 aliphatic carbocycles. The predicted octanol–water partition coefficient (Wildman–Crippen LogP) is 9.55. The monoisotopic (exact) mass is 855 g/mol. The van der Waals surface area contributed by atoms with E-state index in [1.165, 1.54) is 9.80 Å². The molecule has 2 heterocycles. The third-order valence-electron chi connectivity index (χ3n) is 11.8. The van der Waals surface area contributed by atoms with Gasteiger partial charge in [0.2, 0.25) is 0 Å². The lowest BCUT2D eigenvalue weighted by Gasteiger charge is -2.42. The lowest BCUT2D eigenvalue weighted by molar-refractivity contribution is -0.153. The summed E-state index contributed by atoms with van der Waals surface area (Å²) in [6.45, 7) is 26.6. The molecular formula is C48H70N8O6. The number of rotatable bonds is 11. The number of nitrogens with one attached hydrogen (secondary N) is 4. The maximum Gasteiger partial charge on any atom is 0.410 e. The summed E-state index contributed by atoms with van der Waals surface area (Å²) in [6, 6.07) is 15.2. The zero-order chi connectivity index (χ0) is 47.0. The summed E-state index contributed by atoms with van der Waals surface area (Å²) in [6.07, 6.45) is 2.46. The van der Waals surface area contributed by atoms with Crippen molar-refractivity contribution in [2.45, 2.75) is 120 Å². The molecule has 4 rings (SSSR count). The standard InChI is InChI=1S/C48H70N8O6/c1-43(2,3)35(53-39(57)47(13,45(7,8)9)61-41(59)55(15)16)37-49-27-33(51-37)31-23-19-29(20-24-31)30-21-25-32(26-22-30)34-28-50-38(52-34)36(44(4,5)6)54-40(58)48(14,46(10,11)12)62-42(60)56(17)18/h19-28,35-36H,1-18H3,(H,49,51)(H,50,52)(H,53,57)(H,54,58)/t35-,36-,47+,48+/m1/s1. The summed E-state index contributed by atoms with van der Waals surface area (Å²) >= 11 is 0. The van der Waals surface area contributed by atoms with Crippen LogP contribution in [0.1, 0.15) is 121 Å². The Labute approximate surface area is 368 Å². The minimum Gasteiger partial charge on any atom is -0.432 e. The number of hydrogen-bond donors (Lipinski definition) is 4. The average Bonchev–Trinajstić information content (AvgIpc) is 3.85. The molecule has 14 nitrogen and oxygen atoms in total. The first-order chi connectivity index (χ1) is 28.3. The van der Waals surface area contributed by atoms with Crippen LogP contribution in [0.25, 0.3) is 33.6 Å². The van der Waals surface area contributed by atoms with E-state index < -0.39 is 68.9 Å². The highest BCUT2D eigenvalue weighted by molar-refractivity contribution is 5.89. The summed E-state index contributed by atoms with van der Waals surface area (Å²) in [5.41, 5.74) is 0.0549. The largest absolute Gasteiger partial charge is 0.432 e. The number of benzene rings is 2. The van der Waals surface area contributed by atoms with Crippen molar-refractivity contribution < 1.29 is 28.7 Å². The summed E-state index contributed by atoms with van der Waals surface area (Å²) < 4.78 is 11.6. The van der Waals surface area contributed by atoms with Crippen LogP contribution in [0.15, 0.2) is 60.9 Å². The first-order valence-electron chi connectivity index (χ1n) is 21.0. The second-order valence-corrected chi connectivity index (χ2v) is 21.1. The quantitative estimate of drug-likeness (QED) is 0.115. The SMILES string of the molecule is CN(C)C(=O)O[C@@](C)(C(=O)N[C@H](c1nc(-c2ccc(-c3ccc(-c4c[nH]c([C@@H](NC(=O)[C@](C)(OC(=O)N(C)C)C(C)(C)C)C(C)(C)C)n4)cc3)cc2)c[nH]1)C(C)(C)C)C(C)(C)C. The van der Waals surface area contributed by atoms with E-state index in [9.17, 15) is 19.2 Å². The fraction of sp³-hybridized carbons (Fsp3) is 0.542. The van der Waals surface area contributed by atoms with Crippen molar-refractivity contribution in [2.24, 2.45) is 21.7 Å². The Morgan fingerprint density at radius 2 is 0.774 bits per heavy atom. The predicted molar refractivity (Wildman–Crippen MR) is 244 cm³/mol. The number of imidazole rings is 2. The number of hydrogen-bond acceptors (Lipinski definition) is 8. The molecule has 62 heavy (non-hydrogen) atoms. The number of amides is 4. The lowest BCUT2D eigenvalue weighted by atomic mass is 9.76. The van der Waals surface area contributed by atoms with Gasteiger partial charge in [0.1, 0.15) is 11.6 Å². The summed E-state index contributed by atoms with van der Waals surface area (Å²) in [5, 5.41) is 6.30. The van der Waals surface area contributed by atoms with Crippen molar-refractivity contribution >= 4 is 24.0 Å². The van der Waals surface area contributed by atoms with Gasteiger partial charge in [-0.25, -0.2) is 19.6 Å². The van der Waals surface area contributed by atoms with Crippen LogP contribution < -0.4 is 10.6 Å². The molecule has 0 saturated heterocycles. The zero-order valence-corrected chi connectivity index (χ0v) is 40.2. The topological polar surface area (TPSA) is 175 Å². The van der Waals surface area contributed by atoms with Crippen LogP contribution in [0.5, 0.6) is 0 Å². The molecule has 0 fully saturated rings. The van der Waals surface area contributed by atoms with Crippen LogP contribution in [-0.4, -0.2) is 93.1 Å². The normalized spacial score (nSPS) is 15.3. The highest BCUT2D eigenvalue weighted by Crippen LogP contribution is 2.40. The number of aromatic nitrogens is 4. The molecule has 0 aliphatic rings. The van der Waals surface area contributed by atoms with Crippen LogP contribution in [-0.2, 0) is 19.1 Å². The maximum absolute atomic E-state index is 14.0. The number of carbonyl (C=O) groups excluding carboxylic acids is 4. The molecule has 14 heteroatoms. The summed E-state index contributed by atoms with van der Waals surface area (Å²) in [4.78, 5) is 72.3. The van der Waals surface area contributed by atoms with E-state index in [2.05, 4.69) is 20.6 Å². The highest BCUT2D eigenvalue weighted by Gasteiger charge is 2.51. The molecule has 0 spiro atoms. The van der Waals surface area contributed by atoms with Crippen molar-refractivity contribution in [3.63, 3.8) is 0 Å². The van der Waals surface area contributed by atoms with E-state index in [1.807, 2.05) is 144 Å². The molecule has 0 radical (unpaired) electrons. The van der Waals surface area contributed by atoms with Crippen molar-refractivity contribution in [2.75, 3.05) is 28.2 Å². The molecule has 2 aromatic heterocycles. The van der Waals surface area contributed by atoms with Gasteiger partial charge in [-0.2, -0.15) is 0 Å². The van der Waals surface area contributed by atoms with Gasteiger partial charge in [0, 0.05) is 62.5 Å². The number of nitrogens with zero attached hydrogens (tertiary/aromatic N) is 4. The van der Waals surface area contributed by atoms with Gasteiger partial charge in [0.15, 0.2) is 11.2 Å². The summed E-state index contributed by atoms with van der Waals surface area (Å²) in [5.74, 6) is 0.346. The molecule has 4 aromatic rings. The van der Waals surface area contributed by atoms with Crippen molar-refractivity contribution in [3.05, 3.63) is 72.6 Å². The van der Waals surface area contributed by atoms with E-state index >= 15 is 0 Å². The van der Waals surface area contributed by atoms with E-state index in [4.69, 9.17) is 19.4 Å². The first-order valence-corrected chi connectivity index (χ1v) is 21.0. The Bertz CT molecular complexity index is 2050. The van der Waals surface area contributed by atoms with Gasteiger partial charge in [-0.1, -0.05) is 132 Å². The van der Waals surface area contributed by atoms with Gasteiger partial charge in [-0.3, -0.25) is 9.59 Å². The minimum absolute atomic E-state index is 0.413. The first kappa shape index (κ1) is 49.0. The van der Waals surface area contributed by atoms with Crippen molar-refractivity contribution in [3.8, 4) is 33.6 Å². The van der Waals surface area contributed by atoms with Gasteiger partial charge in [-0.15, -0.1) is 0 Å². The van der Waals surface area contributed by atoms with E-state index in [0.29, 0.717) is 11.6 Å². The van der Waals surface area contributed by atoms with E-state index in [1.54, 1.807) is 42.0 Å². The fourth-order valence-electron chi connectivity index (χ4n) is 6.47. The lowest BCUT2D eigenvalue weighted by Crippen LogP contribution is -2.58. The molecule has 0 bridgehead atoms. The fourth-order valence-corrected chi connectivity index (χ4v) is 6.47. The second-order valence-electron chi connectivity index (χ2n) is 21.1. The number of carbonyl (C=O) groups is 4. The molecule has 0 aliphatic heterocycles. The van der Waals surface area contributed by atoms with Crippen LogP contribution in [0.4, 0.5) is 9.59 Å². The Hall–Kier alpha value is -5.66. The van der Waals surface area contributed by atoms with Crippen LogP contribution in [0, 0.1) is 21.7 Å². The van der Waals surface area contributed by atoms with Crippen molar-refractivity contribution in [1.82, 2.24) is 40.4 Å². The van der Waals surface area contributed by atoms with Gasteiger partial charge in [0.05, 0.1) is 23.5 Å². The smallest absolute Gasteiger partial charge is 0.410 e. The van der Waals surface area contributed by atoms with E-state index in [0.717, 1.165) is 33.6 Å². The maximum atomic E-state index is 14.0. The summed E-state index contributed by atoms with van der Waals surface area (Å²) in [7, 11) is 6.34. The van der Waals surface area contributed by atoms with Crippen LogP contribution >= 0.6 is 0 Å². The van der Waals surface area contributed by atoms with Gasteiger partial charge < -0.3 is 39.9 Å². The van der Waals surface area contributed by atoms with Gasteiger partial charge >= 0.3 is 12.2 Å². The molecule has 4 atom stereocenters. The Morgan fingerprint density at radius 3 is 1.02 bits per heavy atom. The molecule has 4 N–H and O–H groups in total. The van der Waals surface area contributed by atoms with Crippen molar-refractivity contribution in [1.29, 1.82) is 0 Å². The third kappa shape index (κ3) is 10.7.